The first kappa shape index (κ1) is 3.65. The van der Waals surface area contributed by atoms with Gasteiger partial charge in [0, 0.05) is 17.0 Å². The molecule has 1 nitrogen and oxygen atoms in total. The van der Waals surface area contributed by atoms with Crippen molar-refractivity contribution in [1.82, 2.24) is 0 Å². The van der Waals surface area contributed by atoms with Crippen LogP contribution in [0, 0.1) is 0 Å². The van der Waals surface area contributed by atoms with Gasteiger partial charge in [-0.25, -0.2) is 0 Å². The molecule has 0 atom stereocenters. The molecule has 0 aromatic rings. The molecule has 0 N–H and O–H groups in total. The second-order valence-corrected chi connectivity index (χ2v) is 1.82. The Hall–Kier alpha value is -0.330. The summed E-state index contributed by atoms with van der Waals surface area (Å²) in [6.45, 7) is -0.104. The quantitative estimate of drug-likeness (QED) is 0.551. The number of carbonyl (C=O) groups excluding carboxylic acids is 1. The highest BCUT2D eigenvalue weighted by molar-refractivity contribution is 5.77. The molecule has 0 aliphatic heterocycles. The van der Waals surface area contributed by atoms with Gasteiger partial charge in [-0.15, -0.1) is 0 Å². The first-order valence-electron chi connectivity index (χ1n) is 4.47. The van der Waals surface area contributed by atoms with Crippen LogP contribution < -0.4 is 0 Å². The number of carbonyl (C=O) groups is 1. The predicted octanol–water partition coefficient (Wildman–Crippen LogP) is 2.16. The van der Waals surface area contributed by atoms with E-state index in [4.69, 9.17) is 4.11 Å². The standard InChI is InChI=1S/C7H14O/c1-3-5-6-7(8)4-2/h3-6H2,1-2H3/i2D3. The third-order valence-corrected chi connectivity index (χ3v) is 1.01. The van der Waals surface area contributed by atoms with Crippen LogP contribution in [0.4, 0.5) is 0 Å². The van der Waals surface area contributed by atoms with Gasteiger partial charge in [-0.05, 0) is 6.42 Å². The van der Waals surface area contributed by atoms with E-state index in [0.717, 1.165) is 12.8 Å². The lowest BCUT2D eigenvalue weighted by Gasteiger charge is -1.91. The van der Waals surface area contributed by atoms with Crippen molar-refractivity contribution in [3.63, 3.8) is 0 Å². The van der Waals surface area contributed by atoms with Crippen LogP contribution in [0.25, 0.3) is 0 Å². The van der Waals surface area contributed by atoms with Gasteiger partial charge >= 0.3 is 0 Å². The van der Waals surface area contributed by atoms with Gasteiger partial charge in [0.2, 0.25) is 0 Å². The molecule has 8 heavy (non-hydrogen) atoms. The summed E-state index contributed by atoms with van der Waals surface area (Å²) in [7, 11) is 0. The third kappa shape index (κ3) is 3.85. The second kappa shape index (κ2) is 4.82. The monoisotopic (exact) mass is 117 g/mol. The topological polar surface area (TPSA) is 17.1 Å². The molecular formula is C7H14O. The fourth-order valence-corrected chi connectivity index (χ4v) is 0.462. The summed E-state index contributed by atoms with van der Waals surface area (Å²) in [5.41, 5.74) is 0. The van der Waals surface area contributed by atoms with Gasteiger partial charge in [0.05, 0.1) is 0 Å². The van der Waals surface area contributed by atoms with Gasteiger partial charge in [0.1, 0.15) is 5.78 Å². The van der Waals surface area contributed by atoms with Crippen LogP contribution >= 0.6 is 0 Å². The molecule has 0 saturated carbocycles. The number of ketones is 1. The molecule has 0 saturated heterocycles. The highest BCUT2D eigenvalue weighted by Gasteiger charge is 1.93. The summed E-state index contributed by atoms with van der Waals surface area (Å²) in [4.78, 5) is 10.9. The van der Waals surface area contributed by atoms with Gasteiger partial charge < -0.3 is 0 Å². The summed E-state index contributed by atoms with van der Waals surface area (Å²) in [6.07, 6.45) is 1.88. The van der Waals surface area contributed by atoms with Crippen molar-refractivity contribution in [3.05, 3.63) is 0 Å². The maximum atomic E-state index is 10.9. The van der Waals surface area contributed by atoms with Crippen molar-refractivity contribution in [2.75, 3.05) is 0 Å². The van der Waals surface area contributed by atoms with Crippen LogP contribution in [-0.2, 0) is 4.79 Å². The van der Waals surface area contributed by atoms with E-state index in [9.17, 15) is 4.79 Å². The molecule has 0 aliphatic carbocycles. The number of Topliss-reactive ketones (excluding diaryl/α,β-unsaturated/α-hetero) is 1. The summed E-state index contributed by atoms with van der Waals surface area (Å²) in [6, 6.07) is 0. The Labute approximate surface area is 55.3 Å². The number of unbranched alkanes of at least 4 members (excludes halogenated alkanes) is 1. The lowest BCUT2D eigenvalue weighted by atomic mass is 10.1. The van der Waals surface area contributed by atoms with Crippen molar-refractivity contribution in [1.29, 1.82) is 0 Å². The van der Waals surface area contributed by atoms with Gasteiger partial charge in [0.15, 0.2) is 0 Å². The number of rotatable bonds is 4. The fraction of sp³-hybridized carbons (Fsp3) is 0.857. The molecule has 1 heteroatoms. The highest BCUT2D eigenvalue weighted by Crippen LogP contribution is 1.96. The average Bonchev–Trinajstić information content (AvgIpc) is 1.79. The first-order valence-corrected chi connectivity index (χ1v) is 2.97. The van der Waals surface area contributed by atoms with E-state index in [-0.39, 0.29) is 12.2 Å². The minimum atomic E-state index is -2.08. The predicted molar refractivity (Wildman–Crippen MR) is 34.8 cm³/mol. The first-order chi connectivity index (χ1) is 4.95. The van der Waals surface area contributed by atoms with E-state index in [1.54, 1.807) is 0 Å². The van der Waals surface area contributed by atoms with Crippen molar-refractivity contribution in [2.24, 2.45) is 0 Å². The SMILES string of the molecule is [2H]C([2H])([2H])CC(=O)CCCC. The molecule has 0 aromatic carbocycles. The Morgan fingerprint density at radius 1 is 1.75 bits per heavy atom. The molecule has 0 bridgehead atoms. The lowest BCUT2D eigenvalue weighted by molar-refractivity contribution is -0.118. The lowest BCUT2D eigenvalue weighted by Crippen LogP contribution is -1.92. The maximum Gasteiger partial charge on any atom is 0.132 e. The van der Waals surface area contributed by atoms with Crippen molar-refractivity contribution < 1.29 is 8.91 Å². The number of hydrogen-bond donors (Lipinski definition) is 0. The summed E-state index contributed by atoms with van der Waals surface area (Å²) in [5.74, 6) is -0.146. The zero-order valence-corrected chi connectivity index (χ0v) is 5.24. The van der Waals surface area contributed by atoms with Crippen LogP contribution in [0.1, 0.15) is 43.6 Å². The van der Waals surface area contributed by atoms with Crippen molar-refractivity contribution in [2.45, 2.75) is 39.5 Å². The molecule has 0 rings (SSSR count). The van der Waals surface area contributed by atoms with Crippen molar-refractivity contribution >= 4 is 5.78 Å². The molecular weight excluding hydrogens is 100 g/mol. The largest absolute Gasteiger partial charge is 0.300 e. The minimum absolute atomic E-state index is 0.146. The number of hydrogen-bond acceptors (Lipinski definition) is 1. The van der Waals surface area contributed by atoms with Crippen LogP contribution in [0.5, 0.6) is 0 Å². The normalized spacial score (nSPS) is 16.4. The Bertz CT molecular complexity index is 128. The molecule has 48 valence electrons. The maximum absolute atomic E-state index is 10.9. The minimum Gasteiger partial charge on any atom is -0.300 e. The van der Waals surface area contributed by atoms with E-state index in [0.29, 0.717) is 6.42 Å². The fourth-order valence-electron chi connectivity index (χ4n) is 0.462. The molecule has 0 heterocycles. The molecule has 0 radical (unpaired) electrons. The summed E-state index contributed by atoms with van der Waals surface area (Å²) in [5, 5.41) is 0. The zero-order valence-electron chi connectivity index (χ0n) is 8.24. The van der Waals surface area contributed by atoms with Crippen LogP contribution in [-0.4, -0.2) is 5.78 Å². The molecule has 0 fully saturated rings. The zero-order chi connectivity index (χ0) is 8.91. The summed E-state index contributed by atoms with van der Waals surface area (Å²) >= 11 is 0. The Balaban J connectivity index is 3.53. The van der Waals surface area contributed by atoms with E-state index in [1.807, 2.05) is 6.92 Å². The summed E-state index contributed by atoms with van der Waals surface area (Å²) < 4.78 is 20.4. The molecule has 0 spiro atoms. The van der Waals surface area contributed by atoms with Crippen LogP contribution in [0.3, 0.4) is 0 Å². The van der Waals surface area contributed by atoms with Crippen LogP contribution in [0.2, 0.25) is 0 Å². The molecule has 0 amide bonds. The molecule has 0 unspecified atom stereocenters. The smallest absolute Gasteiger partial charge is 0.132 e. The van der Waals surface area contributed by atoms with E-state index < -0.39 is 6.85 Å². The Morgan fingerprint density at radius 2 is 2.50 bits per heavy atom. The third-order valence-electron chi connectivity index (χ3n) is 1.01. The van der Waals surface area contributed by atoms with Gasteiger partial charge in [-0.1, -0.05) is 20.2 Å². The Kier molecular flexibility index (Phi) is 2.20. The van der Waals surface area contributed by atoms with E-state index in [1.165, 1.54) is 0 Å². The van der Waals surface area contributed by atoms with E-state index >= 15 is 0 Å². The van der Waals surface area contributed by atoms with Gasteiger partial charge in [0.25, 0.3) is 0 Å². The van der Waals surface area contributed by atoms with Gasteiger partial charge in [-0.3, -0.25) is 4.79 Å². The second-order valence-electron chi connectivity index (χ2n) is 1.82. The molecule has 0 aromatic heterocycles. The molecule has 0 aliphatic rings. The van der Waals surface area contributed by atoms with E-state index in [2.05, 4.69) is 0 Å². The van der Waals surface area contributed by atoms with Crippen LogP contribution in [0.15, 0.2) is 0 Å². The van der Waals surface area contributed by atoms with Crippen molar-refractivity contribution in [3.8, 4) is 0 Å². The highest BCUT2D eigenvalue weighted by atomic mass is 16.1. The average molecular weight is 117 g/mol. The Morgan fingerprint density at radius 3 is 3.00 bits per heavy atom. The van der Waals surface area contributed by atoms with Gasteiger partial charge in [-0.2, -0.15) is 0 Å².